The first-order chi connectivity index (χ1) is 6.20. The molecule has 0 atom stereocenters. The van der Waals surface area contributed by atoms with Gasteiger partial charge in [0.15, 0.2) is 0 Å². The minimum absolute atomic E-state index is 0.722. The van der Waals surface area contributed by atoms with Crippen molar-refractivity contribution in [2.75, 3.05) is 46.4 Å². The van der Waals surface area contributed by atoms with Crippen LogP contribution in [0, 0.1) is 0 Å². The summed E-state index contributed by atoms with van der Waals surface area (Å²) < 4.78 is 0.722. The van der Waals surface area contributed by atoms with Gasteiger partial charge in [0.2, 0.25) is 0 Å². The molecule has 0 unspecified atom stereocenters. The van der Waals surface area contributed by atoms with Gasteiger partial charge in [0.05, 0.1) is 26.7 Å². The minimum Gasteiger partial charge on any atom is -0.299 e. The molecule has 0 amide bonds. The zero-order valence-electron chi connectivity index (χ0n) is 8.95. The Morgan fingerprint density at radius 1 is 1.15 bits per heavy atom. The van der Waals surface area contributed by atoms with Gasteiger partial charge in [-0.1, -0.05) is 0 Å². The molecule has 4 nitrogen and oxygen atoms in total. The normalized spacial score (nSPS) is 23.3. The Kier molecular flexibility index (Phi) is 4.12. The lowest BCUT2D eigenvalue weighted by atomic mass is 10.4. The molecule has 0 aromatic carbocycles. The molecule has 0 bridgehead atoms. The van der Waals surface area contributed by atoms with Crippen molar-refractivity contribution in [3.8, 4) is 0 Å². The van der Waals surface area contributed by atoms with Crippen molar-refractivity contribution in [1.82, 2.24) is 5.06 Å². The second-order valence-corrected chi connectivity index (χ2v) is 3.51. The number of quaternary nitrogens is 1. The van der Waals surface area contributed by atoms with Crippen LogP contribution in [0.15, 0.2) is 0 Å². The zero-order chi connectivity index (χ0) is 9.73. The molecule has 13 heavy (non-hydrogen) atoms. The van der Waals surface area contributed by atoms with Crippen LogP contribution in [-0.2, 0) is 9.68 Å². The highest BCUT2D eigenvalue weighted by Crippen LogP contribution is 2.10. The van der Waals surface area contributed by atoms with Crippen molar-refractivity contribution in [2.45, 2.75) is 13.8 Å². The molecule has 1 saturated heterocycles. The zero-order valence-corrected chi connectivity index (χ0v) is 8.95. The van der Waals surface area contributed by atoms with Crippen LogP contribution >= 0.6 is 0 Å². The first kappa shape index (κ1) is 10.9. The van der Waals surface area contributed by atoms with Gasteiger partial charge in [0.25, 0.3) is 0 Å². The van der Waals surface area contributed by atoms with Crippen molar-refractivity contribution in [1.29, 1.82) is 0 Å². The maximum absolute atomic E-state index is 5.65. The first-order valence-corrected chi connectivity index (χ1v) is 5.07. The summed E-state index contributed by atoms with van der Waals surface area (Å²) in [6.45, 7) is 9.55. The maximum Gasteiger partial charge on any atom is 0.124 e. The van der Waals surface area contributed by atoms with Gasteiger partial charge in [-0.05, 0) is 13.8 Å². The van der Waals surface area contributed by atoms with E-state index in [0.717, 1.165) is 44.0 Å². The van der Waals surface area contributed by atoms with E-state index in [2.05, 4.69) is 7.05 Å². The highest BCUT2D eigenvalue weighted by Gasteiger charge is 2.30. The highest BCUT2D eigenvalue weighted by atomic mass is 16.7. The highest BCUT2D eigenvalue weighted by molar-refractivity contribution is 4.51. The molecule has 0 radical (unpaired) electrons. The molecule has 0 aliphatic carbocycles. The molecular weight excluding hydrogens is 168 g/mol. The topological polar surface area (TPSA) is 21.7 Å². The summed E-state index contributed by atoms with van der Waals surface area (Å²) in [5.41, 5.74) is 0. The number of hydrogen-bond donors (Lipinski definition) is 0. The van der Waals surface area contributed by atoms with Gasteiger partial charge in [-0.3, -0.25) is 4.84 Å². The van der Waals surface area contributed by atoms with E-state index in [9.17, 15) is 0 Å². The fraction of sp³-hybridized carbons (Fsp3) is 1.00. The number of rotatable bonds is 4. The van der Waals surface area contributed by atoms with Gasteiger partial charge in [-0.2, -0.15) is 9.71 Å². The second-order valence-electron chi connectivity index (χ2n) is 3.51. The van der Waals surface area contributed by atoms with Crippen LogP contribution in [0.3, 0.4) is 0 Å². The van der Waals surface area contributed by atoms with E-state index in [1.54, 1.807) is 0 Å². The minimum atomic E-state index is 0.722. The van der Waals surface area contributed by atoms with E-state index in [1.165, 1.54) is 0 Å². The van der Waals surface area contributed by atoms with Crippen molar-refractivity contribution < 1.29 is 14.3 Å². The van der Waals surface area contributed by atoms with E-state index >= 15 is 0 Å². The van der Waals surface area contributed by atoms with Gasteiger partial charge >= 0.3 is 0 Å². The molecule has 0 spiro atoms. The van der Waals surface area contributed by atoms with E-state index in [-0.39, 0.29) is 0 Å². The third-order valence-electron chi connectivity index (χ3n) is 2.40. The Balaban J connectivity index is 2.28. The molecular formula is C9H21N2O2+. The van der Waals surface area contributed by atoms with Crippen molar-refractivity contribution in [2.24, 2.45) is 0 Å². The van der Waals surface area contributed by atoms with Crippen LogP contribution in [0.2, 0.25) is 0 Å². The predicted octanol–water partition coefficient (Wildman–Crippen LogP) is 0.652. The molecule has 1 aliphatic rings. The summed E-state index contributed by atoms with van der Waals surface area (Å²) in [4.78, 5) is 11.1. The summed E-state index contributed by atoms with van der Waals surface area (Å²) in [7, 11) is 2.13. The molecule has 0 saturated carbocycles. The molecule has 1 fully saturated rings. The Hall–Kier alpha value is -0.160. The number of hydrogen-bond acceptors (Lipinski definition) is 3. The van der Waals surface area contributed by atoms with Gasteiger partial charge in [0.1, 0.15) is 19.7 Å². The van der Waals surface area contributed by atoms with Crippen LogP contribution in [-0.4, -0.2) is 56.2 Å². The number of likely N-dealkylation sites (N-methyl/N-ethyl adjacent to an activating group) is 1. The largest absolute Gasteiger partial charge is 0.299 e. The Bertz CT molecular complexity index is 145. The smallest absolute Gasteiger partial charge is 0.124 e. The van der Waals surface area contributed by atoms with Gasteiger partial charge in [-0.25, -0.2) is 4.84 Å². The van der Waals surface area contributed by atoms with Gasteiger partial charge in [-0.15, -0.1) is 0 Å². The van der Waals surface area contributed by atoms with Gasteiger partial charge in [0, 0.05) is 0 Å². The van der Waals surface area contributed by atoms with E-state index in [0.29, 0.717) is 0 Å². The van der Waals surface area contributed by atoms with Crippen molar-refractivity contribution >= 4 is 0 Å². The Morgan fingerprint density at radius 3 is 2.23 bits per heavy atom. The van der Waals surface area contributed by atoms with Gasteiger partial charge < -0.3 is 0 Å². The fourth-order valence-corrected chi connectivity index (χ4v) is 1.62. The van der Waals surface area contributed by atoms with Crippen LogP contribution < -0.4 is 0 Å². The molecule has 4 heteroatoms. The number of hydroxylamine groups is 5. The fourth-order valence-electron chi connectivity index (χ4n) is 1.62. The molecule has 0 N–H and O–H groups in total. The molecule has 1 rings (SSSR count). The summed E-state index contributed by atoms with van der Waals surface area (Å²) in [6, 6.07) is 0. The van der Waals surface area contributed by atoms with Crippen molar-refractivity contribution in [3.05, 3.63) is 0 Å². The maximum atomic E-state index is 5.65. The third-order valence-corrected chi connectivity index (χ3v) is 2.40. The quantitative estimate of drug-likeness (QED) is 0.606. The third kappa shape index (κ3) is 3.23. The lowest BCUT2D eigenvalue weighted by molar-refractivity contribution is -1.09. The van der Waals surface area contributed by atoms with Crippen molar-refractivity contribution in [3.63, 3.8) is 0 Å². The summed E-state index contributed by atoms with van der Waals surface area (Å²) >= 11 is 0. The number of piperazine rings is 1. The molecule has 0 aromatic rings. The Morgan fingerprint density at radius 2 is 1.77 bits per heavy atom. The van der Waals surface area contributed by atoms with Crippen LogP contribution in [0.25, 0.3) is 0 Å². The lowest BCUT2D eigenvalue weighted by Gasteiger charge is -2.38. The molecule has 1 aliphatic heterocycles. The van der Waals surface area contributed by atoms with E-state index in [4.69, 9.17) is 9.68 Å². The van der Waals surface area contributed by atoms with Crippen LogP contribution in [0.1, 0.15) is 13.8 Å². The summed E-state index contributed by atoms with van der Waals surface area (Å²) in [6.07, 6.45) is 0. The summed E-state index contributed by atoms with van der Waals surface area (Å²) in [5.74, 6) is 0. The van der Waals surface area contributed by atoms with Crippen LogP contribution in [0.4, 0.5) is 0 Å². The standard InChI is InChI=1S/C9H21N2O2/c1-4-12-10-6-8-11(3,9-7-10)13-5-2/h4-9H2,1-3H3/q+1. The predicted molar refractivity (Wildman–Crippen MR) is 50.7 cm³/mol. The second kappa shape index (κ2) is 4.91. The molecule has 78 valence electrons. The number of nitrogens with zero attached hydrogens (tertiary/aromatic N) is 2. The summed E-state index contributed by atoms with van der Waals surface area (Å²) in [5, 5.41) is 2.03. The average molecular weight is 189 g/mol. The van der Waals surface area contributed by atoms with Crippen LogP contribution in [0.5, 0.6) is 0 Å². The first-order valence-electron chi connectivity index (χ1n) is 5.07. The lowest BCUT2D eigenvalue weighted by Crippen LogP contribution is -2.56. The molecule has 1 heterocycles. The Labute approximate surface area is 80.5 Å². The monoisotopic (exact) mass is 189 g/mol. The van der Waals surface area contributed by atoms with E-state index < -0.39 is 0 Å². The SMILES string of the molecule is CCON1CC[N+](C)(OCC)CC1. The average Bonchev–Trinajstić information content (AvgIpc) is 2.10. The molecule has 0 aromatic heterocycles. The van der Waals surface area contributed by atoms with E-state index in [1.807, 2.05) is 18.9 Å².